The van der Waals surface area contributed by atoms with Crippen LogP contribution >= 0.6 is 0 Å². The second kappa shape index (κ2) is 3.23. The third-order valence-corrected chi connectivity index (χ3v) is 2.38. The largest absolute Gasteiger partial charge is 0.350 e. The second-order valence-electron chi connectivity index (χ2n) is 3.32. The molecule has 1 aliphatic heterocycles. The van der Waals surface area contributed by atoms with Gasteiger partial charge >= 0.3 is 0 Å². The third kappa shape index (κ3) is 1.58. The highest BCUT2D eigenvalue weighted by Crippen LogP contribution is 2.18. The Morgan fingerprint density at radius 3 is 3.00 bits per heavy atom. The molecule has 0 aliphatic carbocycles. The Balaban J connectivity index is 2.39. The van der Waals surface area contributed by atoms with Crippen molar-refractivity contribution in [1.82, 2.24) is 4.81 Å². The molecule has 0 N–H and O–H groups in total. The fraction of sp³-hybridized carbons (Fsp3) is 0.300. The van der Waals surface area contributed by atoms with Gasteiger partial charge in [0.1, 0.15) is 0 Å². The van der Waals surface area contributed by atoms with E-state index in [9.17, 15) is 0 Å². The summed E-state index contributed by atoms with van der Waals surface area (Å²) in [5.41, 5.74) is 3.22. The maximum absolute atomic E-state index is 8.71. The molecule has 13 heavy (non-hydrogen) atoms. The minimum absolute atomic E-state index is 0.717. The molecule has 2 nitrogen and oxygen atoms in total. The van der Waals surface area contributed by atoms with Gasteiger partial charge in [0.05, 0.1) is 11.6 Å². The molecular formula is C10H9BN2. The van der Waals surface area contributed by atoms with E-state index in [4.69, 9.17) is 13.2 Å². The minimum atomic E-state index is 0.717. The van der Waals surface area contributed by atoms with E-state index >= 15 is 0 Å². The van der Waals surface area contributed by atoms with E-state index in [-0.39, 0.29) is 0 Å². The maximum atomic E-state index is 8.71. The van der Waals surface area contributed by atoms with Crippen molar-refractivity contribution >= 4 is 7.98 Å². The van der Waals surface area contributed by atoms with Crippen LogP contribution in [0.4, 0.5) is 0 Å². The van der Waals surface area contributed by atoms with Gasteiger partial charge in [-0.3, -0.25) is 0 Å². The molecule has 1 aromatic carbocycles. The summed E-state index contributed by atoms with van der Waals surface area (Å²) in [7, 11) is 5.69. The molecule has 0 saturated carbocycles. The highest BCUT2D eigenvalue weighted by atomic mass is 15.0. The normalized spacial score (nSPS) is 16.2. The molecule has 2 radical (unpaired) electrons. The molecule has 0 spiro atoms. The van der Waals surface area contributed by atoms with Gasteiger partial charge in [-0.2, -0.15) is 5.26 Å². The van der Waals surface area contributed by atoms with Gasteiger partial charge in [-0.1, -0.05) is 6.07 Å². The molecular weight excluding hydrogens is 159 g/mol. The topological polar surface area (TPSA) is 27.0 Å². The van der Waals surface area contributed by atoms with Crippen LogP contribution in [-0.2, 0) is 13.0 Å². The summed E-state index contributed by atoms with van der Waals surface area (Å²) in [6.45, 7) is 1.66. The third-order valence-electron chi connectivity index (χ3n) is 2.38. The number of nitrogens with zero attached hydrogens (tertiary/aromatic N) is 2. The predicted molar refractivity (Wildman–Crippen MR) is 51.0 cm³/mol. The Hall–Kier alpha value is -1.27. The van der Waals surface area contributed by atoms with Crippen LogP contribution in [0.5, 0.6) is 0 Å². The molecule has 0 atom stereocenters. The molecule has 1 aliphatic rings. The number of benzene rings is 1. The molecule has 0 fully saturated rings. The Morgan fingerprint density at radius 1 is 1.38 bits per heavy atom. The van der Waals surface area contributed by atoms with Crippen molar-refractivity contribution in [3.05, 3.63) is 34.9 Å². The van der Waals surface area contributed by atoms with Crippen LogP contribution in [0.15, 0.2) is 18.2 Å². The summed E-state index contributed by atoms with van der Waals surface area (Å²) in [6.07, 6.45) is 0.984. The number of nitriles is 1. The zero-order valence-corrected chi connectivity index (χ0v) is 7.33. The summed E-state index contributed by atoms with van der Waals surface area (Å²) in [5.74, 6) is 0. The zero-order valence-electron chi connectivity index (χ0n) is 7.33. The highest BCUT2D eigenvalue weighted by molar-refractivity contribution is 6.04. The second-order valence-corrected chi connectivity index (χ2v) is 3.32. The Labute approximate surface area is 79.2 Å². The fourth-order valence-corrected chi connectivity index (χ4v) is 1.65. The van der Waals surface area contributed by atoms with Gasteiger partial charge < -0.3 is 4.81 Å². The average molecular weight is 168 g/mol. The van der Waals surface area contributed by atoms with E-state index in [0.29, 0.717) is 5.56 Å². The van der Waals surface area contributed by atoms with Gasteiger partial charge in [-0.05, 0) is 36.2 Å². The monoisotopic (exact) mass is 168 g/mol. The van der Waals surface area contributed by atoms with Crippen LogP contribution < -0.4 is 0 Å². The molecule has 2 rings (SSSR count). The summed E-state index contributed by atoms with van der Waals surface area (Å²) < 4.78 is 0. The van der Waals surface area contributed by atoms with Gasteiger partial charge in [-0.25, -0.2) is 0 Å². The highest BCUT2D eigenvalue weighted by Gasteiger charge is 2.12. The summed E-state index contributed by atoms with van der Waals surface area (Å²) >= 11 is 0. The fourth-order valence-electron chi connectivity index (χ4n) is 1.65. The average Bonchev–Trinajstić information content (AvgIpc) is 2.16. The molecule has 1 aromatic rings. The SMILES string of the molecule is [B]N1CCc2ccc(C#N)cc2C1. The summed E-state index contributed by atoms with van der Waals surface area (Å²) in [6, 6.07) is 7.95. The molecule has 1 heterocycles. The van der Waals surface area contributed by atoms with Crippen LogP contribution in [0.3, 0.4) is 0 Å². The number of fused-ring (bicyclic) bond motifs is 1. The van der Waals surface area contributed by atoms with Crippen LogP contribution in [0, 0.1) is 11.3 Å². The molecule has 0 unspecified atom stereocenters. The summed E-state index contributed by atoms with van der Waals surface area (Å²) in [4.78, 5) is 1.78. The van der Waals surface area contributed by atoms with Gasteiger partial charge in [-0.15, -0.1) is 0 Å². The molecule has 3 heteroatoms. The van der Waals surface area contributed by atoms with E-state index in [1.165, 1.54) is 11.1 Å². The van der Waals surface area contributed by atoms with Gasteiger partial charge in [0.25, 0.3) is 0 Å². The van der Waals surface area contributed by atoms with Crippen molar-refractivity contribution < 1.29 is 0 Å². The first-order valence-electron chi connectivity index (χ1n) is 4.31. The maximum Gasteiger partial charge on any atom is 0.182 e. The van der Waals surface area contributed by atoms with E-state index in [0.717, 1.165) is 19.5 Å². The van der Waals surface area contributed by atoms with Crippen LogP contribution in [-0.4, -0.2) is 19.3 Å². The standard InChI is InChI=1S/C10H9BN2/c11-13-4-3-9-2-1-8(6-12)5-10(9)7-13/h1-2,5H,3-4,7H2. The van der Waals surface area contributed by atoms with Crippen molar-refractivity contribution in [2.24, 2.45) is 0 Å². The van der Waals surface area contributed by atoms with E-state index in [2.05, 4.69) is 6.07 Å². The van der Waals surface area contributed by atoms with E-state index in [1.54, 1.807) is 4.81 Å². The number of rotatable bonds is 0. The first kappa shape index (κ1) is 8.34. The molecule has 0 saturated heterocycles. The molecule has 0 amide bonds. The summed E-state index contributed by atoms with van der Waals surface area (Å²) in [5, 5.41) is 8.71. The lowest BCUT2D eigenvalue weighted by atomic mass is 9.96. The van der Waals surface area contributed by atoms with Crippen molar-refractivity contribution in [3.8, 4) is 6.07 Å². The van der Waals surface area contributed by atoms with Crippen molar-refractivity contribution in [1.29, 1.82) is 5.26 Å². The van der Waals surface area contributed by atoms with Crippen LogP contribution in [0.1, 0.15) is 16.7 Å². The van der Waals surface area contributed by atoms with Crippen molar-refractivity contribution in [2.45, 2.75) is 13.0 Å². The minimum Gasteiger partial charge on any atom is -0.350 e. The first-order chi connectivity index (χ1) is 6.29. The van der Waals surface area contributed by atoms with Crippen LogP contribution in [0.25, 0.3) is 0 Å². The lowest BCUT2D eigenvalue weighted by Crippen LogP contribution is -2.27. The molecule has 0 aromatic heterocycles. The lowest BCUT2D eigenvalue weighted by molar-refractivity contribution is 0.427. The molecule has 62 valence electrons. The predicted octanol–water partition coefficient (Wildman–Crippen LogP) is 1.000. The first-order valence-corrected chi connectivity index (χ1v) is 4.31. The van der Waals surface area contributed by atoms with E-state index in [1.807, 2.05) is 18.2 Å². The van der Waals surface area contributed by atoms with E-state index < -0.39 is 0 Å². The molecule has 0 bridgehead atoms. The Bertz CT molecular complexity index is 368. The van der Waals surface area contributed by atoms with Gasteiger partial charge in [0.15, 0.2) is 7.98 Å². The smallest absolute Gasteiger partial charge is 0.182 e. The van der Waals surface area contributed by atoms with Crippen molar-refractivity contribution in [2.75, 3.05) is 6.54 Å². The van der Waals surface area contributed by atoms with Crippen molar-refractivity contribution in [3.63, 3.8) is 0 Å². The number of hydrogen-bond donors (Lipinski definition) is 0. The quantitative estimate of drug-likeness (QED) is 0.540. The van der Waals surface area contributed by atoms with Crippen LogP contribution in [0.2, 0.25) is 0 Å². The van der Waals surface area contributed by atoms with Gasteiger partial charge in [0, 0.05) is 6.54 Å². The Kier molecular flexibility index (Phi) is 2.07. The Morgan fingerprint density at radius 2 is 2.23 bits per heavy atom. The number of hydrogen-bond acceptors (Lipinski definition) is 2. The van der Waals surface area contributed by atoms with Gasteiger partial charge in [0.2, 0.25) is 0 Å². The zero-order chi connectivity index (χ0) is 9.26. The lowest BCUT2D eigenvalue weighted by Gasteiger charge is -2.25.